The van der Waals surface area contributed by atoms with Crippen molar-refractivity contribution in [2.45, 2.75) is 0 Å². The van der Waals surface area contributed by atoms with Gasteiger partial charge in [-0.15, -0.1) is 0 Å². The smallest absolute Gasteiger partial charge is 0.255 e. The lowest BCUT2D eigenvalue weighted by Gasteiger charge is -2.08. The van der Waals surface area contributed by atoms with Crippen LogP contribution in [0.1, 0.15) is 15.9 Å². The Morgan fingerprint density at radius 3 is 2.65 bits per heavy atom. The molecule has 0 heterocycles. The standard InChI is InChI=1S/C14H10BrFN2OS/c15-9-3-1-2-8(6-9)14(19)18-10-4-5-12(16)11(7-10)13(17)20/h1-7H,(H2,17,20)(H,18,19). The lowest BCUT2D eigenvalue weighted by atomic mass is 10.1. The van der Waals surface area contributed by atoms with Crippen LogP contribution in [0.15, 0.2) is 46.9 Å². The van der Waals surface area contributed by atoms with Crippen LogP contribution in [0.4, 0.5) is 10.1 Å². The number of nitrogens with two attached hydrogens (primary N) is 1. The molecule has 3 N–H and O–H groups in total. The highest BCUT2D eigenvalue weighted by atomic mass is 79.9. The highest BCUT2D eigenvalue weighted by Gasteiger charge is 2.10. The number of thiocarbonyl (C=S) groups is 1. The van der Waals surface area contributed by atoms with Crippen LogP contribution in [0, 0.1) is 5.82 Å². The topological polar surface area (TPSA) is 55.1 Å². The van der Waals surface area contributed by atoms with Gasteiger partial charge in [-0.2, -0.15) is 0 Å². The van der Waals surface area contributed by atoms with Gasteiger partial charge in [0, 0.05) is 21.3 Å². The van der Waals surface area contributed by atoms with Crippen LogP contribution in [-0.2, 0) is 0 Å². The van der Waals surface area contributed by atoms with Gasteiger partial charge in [0.2, 0.25) is 0 Å². The summed E-state index contributed by atoms with van der Waals surface area (Å²) in [6.45, 7) is 0. The van der Waals surface area contributed by atoms with Gasteiger partial charge < -0.3 is 11.1 Å². The normalized spacial score (nSPS) is 10.1. The first-order valence-electron chi connectivity index (χ1n) is 5.63. The van der Waals surface area contributed by atoms with Crippen molar-refractivity contribution in [3.05, 3.63) is 63.9 Å². The monoisotopic (exact) mass is 352 g/mol. The minimum absolute atomic E-state index is 0.0546. The maximum Gasteiger partial charge on any atom is 0.255 e. The van der Waals surface area contributed by atoms with E-state index in [-0.39, 0.29) is 16.5 Å². The van der Waals surface area contributed by atoms with Crippen LogP contribution < -0.4 is 11.1 Å². The highest BCUT2D eigenvalue weighted by molar-refractivity contribution is 9.10. The molecule has 20 heavy (non-hydrogen) atoms. The van der Waals surface area contributed by atoms with Gasteiger partial charge in [-0.05, 0) is 36.4 Å². The van der Waals surface area contributed by atoms with Gasteiger partial charge in [0.1, 0.15) is 10.8 Å². The van der Waals surface area contributed by atoms with Gasteiger partial charge >= 0.3 is 0 Å². The number of benzene rings is 2. The molecule has 0 unspecified atom stereocenters. The van der Waals surface area contributed by atoms with Crippen molar-refractivity contribution in [3.63, 3.8) is 0 Å². The SMILES string of the molecule is NC(=S)c1cc(NC(=O)c2cccc(Br)c2)ccc1F. The number of halogens is 2. The lowest BCUT2D eigenvalue weighted by Crippen LogP contribution is -2.15. The second-order valence-electron chi connectivity index (χ2n) is 4.02. The zero-order valence-electron chi connectivity index (χ0n) is 10.2. The number of carbonyl (C=O) groups is 1. The number of anilines is 1. The first-order chi connectivity index (χ1) is 9.47. The minimum Gasteiger partial charge on any atom is -0.389 e. The molecule has 3 nitrogen and oxygen atoms in total. The van der Waals surface area contributed by atoms with E-state index in [4.69, 9.17) is 18.0 Å². The van der Waals surface area contributed by atoms with E-state index in [1.807, 2.05) is 6.07 Å². The van der Waals surface area contributed by atoms with E-state index in [0.717, 1.165) is 4.47 Å². The van der Waals surface area contributed by atoms with Crippen LogP contribution >= 0.6 is 28.1 Å². The molecule has 0 aliphatic carbocycles. The fourth-order valence-electron chi connectivity index (χ4n) is 1.62. The average molecular weight is 353 g/mol. The molecule has 6 heteroatoms. The van der Waals surface area contributed by atoms with Crippen molar-refractivity contribution in [2.75, 3.05) is 5.32 Å². The largest absolute Gasteiger partial charge is 0.389 e. The summed E-state index contributed by atoms with van der Waals surface area (Å²) in [5.74, 6) is -0.815. The zero-order valence-corrected chi connectivity index (χ0v) is 12.6. The van der Waals surface area contributed by atoms with Gasteiger partial charge in [-0.25, -0.2) is 4.39 Å². The Morgan fingerprint density at radius 2 is 2.00 bits per heavy atom. The van der Waals surface area contributed by atoms with Crippen LogP contribution in [-0.4, -0.2) is 10.9 Å². The third kappa shape index (κ3) is 3.40. The van der Waals surface area contributed by atoms with Crippen molar-refractivity contribution in [1.29, 1.82) is 0 Å². The first-order valence-corrected chi connectivity index (χ1v) is 6.84. The third-order valence-electron chi connectivity index (χ3n) is 2.58. The molecule has 0 spiro atoms. The Hall–Kier alpha value is -1.79. The molecule has 0 bridgehead atoms. The van der Waals surface area contributed by atoms with E-state index in [2.05, 4.69) is 21.2 Å². The van der Waals surface area contributed by atoms with E-state index in [1.54, 1.807) is 18.2 Å². The molecular formula is C14H10BrFN2OS. The van der Waals surface area contributed by atoms with Crippen LogP contribution in [0.25, 0.3) is 0 Å². The Kier molecular flexibility index (Phi) is 4.46. The molecule has 0 saturated heterocycles. The van der Waals surface area contributed by atoms with Crippen LogP contribution in [0.3, 0.4) is 0 Å². The summed E-state index contributed by atoms with van der Waals surface area (Å²) < 4.78 is 14.2. The summed E-state index contributed by atoms with van der Waals surface area (Å²) in [4.78, 5) is 12.0. The maximum absolute atomic E-state index is 13.4. The maximum atomic E-state index is 13.4. The van der Waals surface area contributed by atoms with E-state index >= 15 is 0 Å². The molecule has 0 aromatic heterocycles. The number of nitrogens with one attached hydrogen (secondary N) is 1. The summed E-state index contributed by atoms with van der Waals surface area (Å²) in [6, 6.07) is 11.0. The van der Waals surface area contributed by atoms with Crippen molar-refractivity contribution in [1.82, 2.24) is 0 Å². The highest BCUT2D eigenvalue weighted by Crippen LogP contribution is 2.17. The number of carbonyl (C=O) groups excluding carboxylic acids is 1. The second-order valence-corrected chi connectivity index (χ2v) is 5.38. The Balaban J connectivity index is 2.24. The molecule has 102 valence electrons. The third-order valence-corrected chi connectivity index (χ3v) is 3.29. The van der Waals surface area contributed by atoms with E-state index in [0.29, 0.717) is 11.3 Å². The summed E-state index contributed by atoms with van der Waals surface area (Å²) in [5, 5.41) is 2.67. The van der Waals surface area contributed by atoms with Gasteiger partial charge in [-0.3, -0.25) is 4.79 Å². The molecular weight excluding hydrogens is 343 g/mol. The fourth-order valence-corrected chi connectivity index (χ4v) is 2.18. The van der Waals surface area contributed by atoms with Crippen molar-refractivity contribution < 1.29 is 9.18 Å². The molecule has 0 radical (unpaired) electrons. The molecule has 0 atom stereocenters. The summed E-state index contributed by atoms with van der Waals surface area (Å²) in [5.41, 5.74) is 6.44. The second kappa shape index (κ2) is 6.11. The van der Waals surface area contributed by atoms with Crippen LogP contribution in [0.2, 0.25) is 0 Å². The van der Waals surface area contributed by atoms with Gasteiger partial charge in [-0.1, -0.05) is 34.2 Å². The first kappa shape index (κ1) is 14.6. The zero-order chi connectivity index (χ0) is 14.7. The molecule has 0 fully saturated rings. The summed E-state index contributed by atoms with van der Waals surface area (Å²) >= 11 is 8.05. The number of hydrogen-bond acceptors (Lipinski definition) is 2. The molecule has 0 saturated carbocycles. The molecule has 2 rings (SSSR count). The molecule has 2 aromatic rings. The Bertz CT molecular complexity index is 691. The number of rotatable bonds is 3. The van der Waals surface area contributed by atoms with Gasteiger partial charge in [0.15, 0.2) is 0 Å². The fraction of sp³-hybridized carbons (Fsp3) is 0. The predicted octanol–water partition coefficient (Wildman–Crippen LogP) is 3.47. The lowest BCUT2D eigenvalue weighted by molar-refractivity contribution is 0.102. The molecule has 0 aliphatic rings. The summed E-state index contributed by atoms with van der Waals surface area (Å²) in [7, 11) is 0. The summed E-state index contributed by atoms with van der Waals surface area (Å²) in [6.07, 6.45) is 0. The molecule has 2 aromatic carbocycles. The molecule has 1 amide bonds. The number of amides is 1. The number of hydrogen-bond donors (Lipinski definition) is 2. The molecule has 0 aliphatic heterocycles. The van der Waals surface area contributed by atoms with E-state index in [9.17, 15) is 9.18 Å². The van der Waals surface area contributed by atoms with Gasteiger partial charge in [0.05, 0.1) is 0 Å². The van der Waals surface area contributed by atoms with Crippen molar-refractivity contribution in [2.24, 2.45) is 5.73 Å². The predicted molar refractivity (Wildman–Crippen MR) is 84.4 cm³/mol. The van der Waals surface area contributed by atoms with E-state index < -0.39 is 5.82 Å². The van der Waals surface area contributed by atoms with Crippen LogP contribution in [0.5, 0.6) is 0 Å². The Morgan fingerprint density at radius 1 is 1.25 bits per heavy atom. The van der Waals surface area contributed by atoms with Gasteiger partial charge in [0.25, 0.3) is 5.91 Å². The van der Waals surface area contributed by atoms with Crippen molar-refractivity contribution in [3.8, 4) is 0 Å². The average Bonchev–Trinajstić information content (AvgIpc) is 2.40. The van der Waals surface area contributed by atoms with E-state index in [1.165, 1.54) is 18.2 Å². The minimum atomic E-state index is -0.516. The quantitative estimate of drug-likeness (QED) is 0.831. The van der Waals surface area contributed by atoms with Crippen molar-refractivity contribution >= 4 is 44.7 Å². The Labute approximate surface area is 129 Å².